The van der Waals surface area contributed by atoms with Crippen molar-refractivity contribution in [3.05, 3.63) is 133 Å². The van der Waals surface area contributed by atoms with Crippen molar-refractivity contribution < 1.29 is 0 Å². The SMILES string of the molecule is C[Si](C)(c1ccc2c(c1)c1ccccc1n2-c1ccccc1)c1nc(-c2ccccc2)nc(-c2ccccc2)n1. The lowest BCUT2D eigenvalue weighted by molar-refractivity contribution is 1.10. The van der Waals surface area contributed by atoms with Crippen LogP contribution in [0.1, 0.15) is 0 Å². The lowest BCUT2D eigenvalue weighted by Crippen LogP contribution is -2.56. The summed E-state index contributed by atoms with van der Waals surface area (Å²) in [5.41, 5.74) is 6.44. The Hall–Kier alpha value is -4.87. The molecule has 0 N–H and O–H groups in total. The van der Waals surface area contributed by atoms with E-state index in [0.29, 0.717) is 11.6 Å². The van der Waals surface area contributed by atoms with Gasteiger partial charge in [-0.15, -0.1) is 0 Å². The first-order valence-electron chi connectivity index (χ1n) is 13.6. The van der Waals surface area contributed by atoms with Crippen molar-refractivity contribution in [2.24, 2.45) is 0 Å². The van der Waals surface area contributed by atoms with Crippen LogP contribution in [0.2, 0.25) is 13.1 Å². The van der Waals surface area contributed by atoms with Gasteiger partial charge in [-0.2, -0.15) is 0 Å². The number of hydrogen-bond acceptors (Lipinski definition) is 3. The molecule has 5 heteroatoms. The monoisotopic (exact) mass is 532 g/mol. The zero-order chi connectivity index (χ0) is 27.1. The molecule has 2 aromatic heterocycles. The highest BCUT2D eigenvalue weighted by atomic mass is 28.3. The molecule has 0 fully saturated rings. The fraction of sp³-hybridized carbons (Fsp3) is 0.0571. The minimum Gasteiger partial charge on any atom is -0.309 e. The van der Waals surface area contributed by atoms with Crippen LogP contribution in [-0.4, -0.2) is 27.6 Å². The van der Waals surface area contributed by atoms with Crippen molar-refractivity contribution in [1.29, 1.82) is 0 Å². The molecule has 7 aromatic rings. The molecule has 40 heavy (non-hydrogen) atoms. The Morgan fingerprint density at radius 3 is 1.65 bits per heavy atom. The molecular weight excluding hydrogens is 504 g/mol. The maximum Gasteiger partial charge on any atom is 0.163 e. The molecule has 0 saturated carbocycles. The van der Waals surface area contributed by atoms with E-state index < -0.39 is 8.07 Å². The maximum atomic E-state index is 5.11. The molecule has 0 aliphatic heterocycles. The van der Waals surface area contributed by atoms with Crippen molar-refractivity contribution in [2.45, 2.75) is 13.1 Å². The van der Waals surface area contributed by atoms with Crippen molar-refractivity contribution in [3.63, 3.8) is 0 Å². The van der Waals surface area contributed by atoms with Gasteiger partial charge >= 0.3 is 0 Å². The highest BCUT2D eigenvalue weighted by molar-refractivity contribution is 6.99. The molecule has 0 bridgehead atoms. The van der Waals surface area contributed by atoms with Gasteiger partial charge in [-0.1, -0.05) is 122 Å². The van der Waals surface area contributed by atoms with E-state index in [1.54, 1.807) is 0 Å². The summed E-state index contributed by atoms with van der Waals surface area (Å²) in [6.45, 7) is 4.67. The molecule has 0 aliphatic carbocycles. The van der Waals surface area contributed by atoms with Crippen LogP contribution in [0, 0.1) is 0 Å². The molecule has 0 amide bonds. The molecule has 192 valence electrons. The van der Waals surface area contributed by atoms with Crippen LogP contribution >= 0.6 is 0 Å². The Labute approximate surface area is 234 Å². The third kappa shape index (κ3) is 4.12. The van der Waals surface area contributed by atoms with E-state index >= 15 is 0 Å². The Balaban J connectivity index is 1.42. The zero-order valence-electron chi connectivity index (χ0n) is 22.5. The van der Waals surface area contributed by atoms with E-state index in [1.807, 2.05) is 36.4 Å². The molecule has 5 aromatic carbocycles. The van der Waals surface area contributed by atoms with E-state index in [4.69, 9.17) is 15.0 Å². The smallest absolute Gasteiger partial charge is 0.163 e. The third-order valence-corrected chi connectivity index (χ3v) is 10.8. The number of aromatic nitrogens is 4. The summed E-state index contributed by atoms with van der Waals surface area (Å²) in [4.78, 5) is 15.1. The number of rotatable bonds is 5. The van der Waals surface area contributed by atoms with Gasteiger partial charge < -0.3 is 4.57 Å². The van der Waals surface area contributed by atoms with Gasteiger partial charge in [-0.3, -0.25) is 0 Å². The Bertz CT molecular complexity index is 1910. The van der Waals surface area contributed by atoms with Crippen LogP contribution in [0.5, 0.6) is 0 Å². The van der Waals surface area contributed by atoms with Crippen LogP contribution in [0.4, 0.5) is 0 Å². The predicted octanol–water partition coefficient (Wildman–Crippen LogP) is 7.13. The van der Waals surface area contributed by atoms with Gasteiger partial charge in [0.1, 0.15) is 5.45 Å². The predicted molar refractivity (Wildman–Crippen MR) is 168 cm³/mol. The second-order valence-electron chi connectivity index (χ2n) is 10.6. The molecule has 0 unspecified atom stereocenters. The first kappa shape index (κ1) is 24.2. The van der Waals surface area contributed by atoms with E-state index in [0.717, 1.165) is 22.3 Å². The average molecular weight is 533 g/mol. The van der Waals surface area contributed by atoms with Gasteiger partial charge in [0.2, 0.25) is 0 Å². The van der Waals surface area contributed by atoms with Gasteiger partial charge in [0.25, 0.3) is 0 Å². The van der Waals surface area contributed by atoms with E-state index in [-0.39, 0.29) is 0 Å². The second kappa shape index (κ2) is 9.70. The number of hydrogen-bond donors (Lipinski definition) is 0. The quantitative estimate of drug-likeness (QED) is 0.222. The number of benzene rings is 5. The normalized spacial score (nSPS) is 11.8. The highest BCUT2D eigenvalue weighted by Crippen LogP contribution is 2.31. The summed E-state index contributed by atoms with van der Waals surface area (Å²) in [7, 11) is -2.33. The van der Waals surface area contributed by atoms with Crippen molar-refractivity contribution >= 4 is 40.5 Å². The maximum absolute atomic E-state index is 5.11. The molecule has 0 atom stereocenters. The molecule has 2 heterocycles. The number of nitrogens with zero attached hydrogens (tertiary/aromatic N) is 4. The molecule has 7 rings (SSSR count). The highest BCUT2D eigenvalue weighted by Gasteiger charge is 2.32. The van der Waals surface area contributed by atoms with Crippen LogP contribution < -0.4 is 10.6 Å². The van der Waals surface area contributed by atoms with E-state index in [9.17, 15) is 0 Å². The average Bonchev–Trinajstić information content (AvgIpc) is 3.36. The lowest BCUT2D eigenvalue weighted by atomic mass is 10.1. The third-order valence-electron chi connectivity index (χ3n) is 7.67. The summed E-state index contributed by atoms with van der Waals surface area (Å²) in [5.74, 6) is 1.43. The summed E-state index contributed by atoms with van der Waals surface area (Å²) in [5, 5.41) is 3.79. The summed E-state index contributed by atoms with van der Waals surface area (Å²) in [6, 6.07) is 46.6. The topological polar surface area (TPSA) is 43.6 Å². The fourth-order valence-corrected chi connectivity index (χ4v) is 7.47. The van der Waals surface area contributed by atoms with Gasteiger partial charge in [-0.25, -0.2) is 15.0 Å². The van der Waals surface area contributed by atoms with Crippen LogP contribution in [-0.2, 0) is 0 Å². The summed E-state index contributed by atoms with van der Waals surface area (Å²) in [6.07, 6.45) is 0. The lowest BCUT2D eigenvalue weighted by Gasteiger charge is -2.22. The molecule has 0 spiro atoms. The van der Waals surface area contributed by atoms with E-state index in [2.05, 4.69) is 115 Å². The second-order valence-corrected chi connectivity index (χ2v) is 14.9. The largest absolute Gasteiger partial charge is 0.309 e. The first-order chi connectivity index (χ1) is 19.6. The molecule has 0 aliphatic rings. The molecule has 0 saturated heterocycles. The van der Waals surface area contributed by atoms with Crippen LogP contribution in [0.25, 0.3) is 50.3 Å². The van der Waals surface area contributed by atoms with Gasteiger partial charge in [0, 0.05) is 27.6 Å². The Kier molecular flexibility index (Phi) is 5.87. The Morgan fingerprint density at radius 1 is 0.500 bits per heavy atom. The van der Waals surface area contributed by atoms with Crippen molar-refractivity contribution in [3.8, 4) is 28.5 Å². The van der Waals surface area contributed by atoms with Crippen molar-refractivity contribution in [2.75, 3.05) is 0 Å². The fourth-order valence-electron chi connectivity index (χ4n) is 5.43. The Morgan fingerprint density at radius 2 is 1.02 bits per heavy atom. The van der Waals surface area contributed by atoms with Crippen LogP contribution in [0.3, 0.4) is 0 Å². The minimum absolute atomic E-state index is 0.715. The van der Waals surface area contributed by atoms with Crippen LogP contribution in [0.15, 0.2) is 133 Å². The summed E-state index contributed by atoms with van der Waals surface area (Å²) < 4.78 is 2.35. The zero-order valence-corrected chi connectivity index (χ0v) is 23.5. The molecule has 0 radical (unpaired) electrons. The van der Waals surface area contributed by atoms with Crippen molar-refractivity contribution in [1.82, 2.24) is 19.5 Å². The molecule has 4 nitrogen and oxygen atoms in total. The molecular formula is C35H28N4Si. The van der Waals surface area contributed by atoms with Gasteiger partial charge in [0.05, 0.1) is 11.0 Å². The minimum atomic E-state index is -2.33. The number of para-hydroxylation sites is 2. The summed E-state index contributed by atoms with van der Waals surface area (Å²) >= 11 is 0. The number of fused-ring (bicyclic) bond motifs is 3. The van der Waals surface area contributed by atoms with Gasteiger partial charge in [-0.05, 0) is 29.5 Å². The van der Waals surface area contributed by atoms with E-state index in [1.165, 1.54) is 27.0 Å². The van der Waals surface area contributed by atoms with Gasteiger partial charge in [0.15, 0.2) is 19.7 Å². The standard InChI is InChI=1S/C35H28N4Si/c1-40(2,35-37-33(25-14-6-3-7-15-25)36-34(38-35)26-16-8-4-9-17-26)28-22-23-32-30(24-28)29-20-12-13-21-31(29)39(32)27-18-10-5-11-19-27/h3-24H,1-2H3. The first-order valence-corrected chi connectivity index (χ1v) is 16.6.